The molecule has 0 unspecified atom stereocenters. The van der Waals surface area contributed by atoms with Crippen LogP contribution in [0.25, 0.3) is 11.3 Å². The van der Waals surface area contributed by atoms with E-state index in [-0.39, 0.29) is 11.5 Å². The van der Waals surface area contributed by atoms with E-state index in [2.05, 4.69) is 14.7 Å². The number of benzene rings is 1. The third-order valence-corrected chi connectivity index (χ3v) is 3.77. The fraction of sp³-hybridized carbons (Fsp3) is 0.0625. The number of hydrogen-bond acceptors (Lipinski definition) is 5. The highest BCUT2D eigenvalue weighted by Crippen LogP contribution is 2.24. The molecule has 2 heterocycles. The average Bonchev–Trinajstić information content (AvgIpc) is 2.95. The first-order valence-corrected chi connectivity index (χ1v) is 7.42. The van der Waals surface area contributed by atoms with Gasteiger partial charge in [0.2, 0.25) is 0 Å². The van der Waals surface area contributed by atoms with Crippen LogP contribution in [-0.2, 0) is 0 Å². The summed E-state index contributed by atoms with van der Waals surface area (Å²) >= 11 is 1.58. The second-order valence-electron chi connectivity index (χ2n) is 4.63. The van der Waals surface area contributed by atoms with Crippen molar-refractivity contribution in [3.63, 3.8) is 0 Å². The van der Waals surface area contributed by atoms with Crippen molar-refractivity contribution < 1.29 is 9.21 Å². The van der Waals surface area contributed by atoms with Crippen molar-refractivity contribution in [1.82, 2.24) is 4.98 Å². The van der Waals surface area contributed by atoms with Gasteiger partial charge in [-0.15, -0.1) is 11.3 Å². The maximum atomic E-state index is 12.1. The van der Waals surface area contributed by atoms with Gasteiger partial charge in [0.15, 0.2) is 0 Å². The molecule has 0 radical (unpaired) electrons. The van der Waals surface area contributed by atoms with Gasteiger partial charge < -0.3 is 9.73 Å². The Kier molecular flexibility index (Phi) is 3.84. The summed E-state index contributed by atoms with van der Waals surface area (Å²) in [7, 11) is 0. The fourth-order valence-corrected chi connectivity index (χ4v) is 2.56. The van der Waals surface area contributed by atoms with Gasteiger partial charge in [-0.1, -0.05) is 12.1 Å². The molecule has 0 bridgehead atoms. The summed E-state index contributed by atoms with van der Waals surface area (Å²) in [4.78, 5) is 27.4. The zero-order valence-electron chi connectivity index (χ0n) is 11.7. The van der Waals surface area contributed by atoms with Crippen LogP contribution in [0, 0.1) is 6.92 Å². The lowest BCUT2D eigenvalue weighted by Gasteiger charge is -2.06. The van der Waals surface area contributed by atoms with Gasteiger partial charge in [-0.2, -0.15) is 0 Å². The normalized spacial score (nSPS) is 10.4. The number of thiazole rings is 1. The smallest absolute Gasteiger partial charge is 0.335 e. The molecule has 1 N–H and O–H groups in total. The van der Waals surface area contributed by atoms with Crippen LogP contribution in [-0.4, -0.2) is 10.9 Å². The summed E-state index contributed by atoms with van der Waals surface area (Å²) in [5.41, 5.74) is 2.26. The molecule has 0 aliphatic carbocycles. The van der Waals surface area contributed by atoms with Gasteiger partial charge in [0.25, 0.3) is 5.91 Å². The zero-order chi connectivity index (χ0) is 15.5. The number of nitrogens with one attached hydrogen (secondary N) is 1. The first kappa shape index (κ1) is 14.2. The highest BCUT2D eigenvalue weighted by molar-refractivity contribution is 7.09. The second kappa shape index (κ2) is 5.95. The lowest BCUT2D eigenvalue weighted by molar-refractivity contribution is 0.102. The van der Waals surface area contributed by atoms with E-state index in [1.807, 2.05) is 30.5 Å². The molecule has 2 aromatic heterocycles. The molecular formula is C16H12N2O3S. The van der Waals surface area contributed by atoms with Crippen molar-refractivity contribution in [1.29, 1.82) is 0 Å². The van der Waals surface area contributed by atoms with Gasteiger partial charge in [0.1, 0.15) is 6.26 Å². The van der Waals surface area contributed by atoms with Crippen molar-refractivity contribution >= 4 is 22.9 Å². The lowest BCUT2D eigenvalue weighted by atomic mass is 10.1. The zero-order valence-corrected chi connectivity index (χ0v) is 12.5. The maximum Gasteiger partial charge on any atom is 0.335 e. The van der Waals surface area contributed by atoms with Gasteiger partial charge in [-0.25, -0.2) is 9.78 Å². The van der Waals surface area contributed by atoms with Crippen LogP contribution in [0.5, 0.6) is 0 Å². The number of amides is 1. The monoisotopic (exact) mass is 312 g/mol. The number of rotatable bonds is 3. The summed E-state index contributed by atoms with van der Waals surface area (Å²) in [5, 5.41) is 5.73. The maximum absolute atomic E-state index is 12.1. The van der Waals surface area contributed by atoms with Crippen molar-refractivity contribution in [2.75, 3.05) is 5.32 Å². The molecule has 110 valence electrons. The van der Waals surface area contributed by atoms with Crippen molar-refractivity contribution in [2.24, 2.45) is 0 Å². The molecule has 0 atom stereocenters. The molecule has 1 aromatic carbocycles. The molecule has 3 rings (SSSR count). The molecule has 0 saturated carbocycles. The molecule has 0 spiro atoms. The van der Waals surface area contributed by atoms with E-state index in [4.69, 9.17) is 0 Å². The highest BCUT2D eigenvalue weighted by atomic mass is 32.1. The average molecular weight is 312 g/mol. The minimum absolute atomic E-state index is 0.287. The van der Waals surface area contributed by atoms with E-state index in [1.165, 1.54) is 12.1 Å². The van der Waals surface area contributed by atoms with Crippen LogP contribution in [0.4, 0.5) is 5.69 Å². The summed E-state index contributed by atoms with van der Waals surface area (Å²) in [6.07, 6.45) is 1.14. The summed E-state index contributed by atoms with van der Waals surface area (Å²) in [6.45, 7) is 1.95. The molecule has 5 nitrogen and oxygen atoms in total. The number of carbonyl (C=O) groups excluding carboxylic acids is 1. The number of aromatic nitrogens is 1. The van der Waals surface area contributed by atoms with Gasteiger partial charge in [0, 0.05) is 22.7 Å². The Balaban J connectivity index is 1.82. The van der Waals surface area contributed by atoms with E-state index in [1.54, 1.807) is 17.4 Å². The molecule has 0 aliphatic heterocycles. The van der Waals surface area contributed by atoms with E-state index in [0.717, 1.165) is 22.5 Å². The fourth-order valence-electron chi connectivity index (χ4n) is 1.94. The van der Waals surface area contributed by atoms with Gasteiger partial charge in [-0.3, -0.25) is 4.79 Å². The standard InChI is InChI=1S/C16H12N2O3S/c1-10-17-14(9-22-10)11-3-2-4-13(7-11)18-16(20)12-5-6-15(19)21-8-12/h2-9H,1H3,(H,18,20). The van der Waals surface area contributed by atoms with Crippen molar-refractivity contribution in [3.05, 3.63) is 69.0 Å². The van der Waals surface area contributed by atoms with Crippen LogP contribution in [0.1, 0.15) is 15.4 Å². The molecule has 0 aliphatic rings. The van der Waals surface area contributed by atoms with E-state index in [9.17, 15) is 9.59 Å². The van der Waals surface area contributed by atoms with Crippen molar-refractivity contribution in [3.8, 4) is 11.3 Å². The van der Waals surface area contributed by atoms with E-state index >= 15 is 0 Å². The molecule has 22 heavy (non-hydrogen) atoms. The van der Waals surface area contributed by atoms with Gasteiger partial charge in [-0.05, 0) is 25.1 Å². The third kappa shape index (κ3) is 3.12. The predicted octanol–water partition coefficient (Wildman–Crippen LogP) is 3.32. The Hall–Kier alpha value is -2.73. The third-order valence-electron chi connectivity index (χ3n) is 3.00. The Labute approximate surface area is 130 Å². The summed E-state index contributed by atoms with van der Waals surface area (Å²) in [6, 6.07) is 10.1. The first-order chi connectivity index (χ1) is 10.6. The highest BCUT2D eigenvalue weighted by Gasteiger charge is 2.08. The lowest BCUT2D eigenvalue weighted by Crippen LogP contribution is -2.12. The van der Waals surface area contributed by atoms with Crippen LogP contribution >= 0.6 is 11.3 Å². The van der Waals surface area contributed by atoms with Crippen LogP contribution in [0.3, 0.4) is 0 Å². The number of nitrogens with zero attached hydrogens (tertiary/aromatic N) is 1. The number of anilines is 1. The minimum Gasteiger partial charge on any atom is -0.430 e. The molecule has 1 amide bonds. The molecule has 3 aromatic rings. The Morgan fingerprint density at radius 1 is 1.27 bits per heavy atom. The molecular weight excluding hydrogens is 300 g/mol. The van der Waals surface area contributed by atoms with Crippen molar-refractivity contribution in [2.45, 2.75) is 6.92 Å². The molecule has 6 heteroatoms. The Morgan fingerprint density at radius 3 is 2.82 bits per heavy atom. The summed E-state index contributed by atoms with van der Waals surface area (Å²) in [5.74, 6) is -0.338. The topological polar surface area (TPSA) is 72.2 Å². The van der Waals surface area contributed by atoms with Crippen LogP contribution in [0.15, 0.2) is 57.3 Å². The number of aryl methyl sites for hydroxylation is 1. The first-order valence-electron chi connectivity index (χ1n) is 6.54. The predicted molar refractivity (Wildman–Crippen MR) is 85.2 cm³/mol. The summed E-state index contributed by atoms with van der Waals surface area (Å²) < 4.78 is 4.69. The Bertz CT molecular complexity index is 862. The van der Waals surface area contributed by atoms with Gasteiger partial charge >= 0.3 is 5.63 Å². The van der Waals surface area contributed by atoms with Crippen LogP contribution < -0.4 is 10.9 Å². The minimum atomic E-state index is -0.488. The largest absolute Gasteiger partial charge is 0.430 e. The Morgan fingerprint density at radius 2 is 2.14 bits per heavy atom. The second-order valence-corrected chi connectivity index (χ2v) is 5.69. The SMILES string of the molecule is Cc1nc(-c2cccc(NC(=O)c3ccc(=O)oc3)c2)cs1. The number of carbonyl (C=O) groups is 1. The van der Waals surface area contributed by atoms with Crippen LogP contribution in [0.2, 0.25) is 0 Å². The van der Waals surface area contributed by atoms with Gasteiger partial charge in [0.05, 0.1) is 16.3 Å². The molecule has 0 saturated heterocycles. The van der Waals surface area contributed by atoms with E-state index < -0.39 is 5.63 Å². The van der Waals surface area contributed by atoms with E-state index in [0.29, 0.717) is 5.69 Å². The molecule has 0 fully saturated rings. The quantitative estimate of drug-likeness (QED) is 0.805. The number of hydrogen-bond donors (Lipinski definition) is 1.